The standard InChI is InChI=1S/C18H25N3O3S/c1-3-11-21-13(2)20-25(23,24)17-12-14(9-10-16(17)21)18(22)19-15-7-5-4-6-8-15/h9-10,12,15H,3-8,11H2,1-2H3,(H,19,22). The largest absolute Gasteiger partial charge is 0.349 e. The Bertz CT molecular complexity index is 796. The van der Waals surface area contributed by atoms with E-state index in [0.717, 1.165) is 32.1 Å². The van der Waals surface area contributed by atoms with E-state index >= 15 is 0 Å². The molecule has 1 aromatic carbocycles. The molecule has 1 aromatic rings. The maximum atomic E-state index is 12.5. The Morgan fingerprint density at radius 2 is 2.00 bits per heavy atom. The van der Waals surface area contributed by atoms with Gasteiger partial charge in [-0.2, -0.15) is 8.42 Å². The quantitative estimate of drug-likeness (QED) is 0.891. The average Bonchev–Trinajstić information content (AvgIpc) is 2.58. The van der Waals surface area contributed by atoms with Gasteiger partial charge >= 0.3 is 0 Å². The molecule has 136 valence electrons. The summed E-state index contributed by atoms with van der Waals surface area (Å²) in [5.74, 6) is 0.256. The third-order valence-corrected chi connectivity index (χ3v) is 6.21. The number of carbonyl (C=O) groups is 1. The summed E-state index contributed by atoms with van der Waals surface area (Å²) in [5.41, 5.74) is 0.975. The van der Waals surface area contributed by atoms with Crippen molar-refractivity contribution in [3.63, 3.8) is 0 Å². The average molecular weight is 363 g/mol. The first-order valence-corrected chi connectivity index (χ1v) is 10.4. The van der Waals surface area contributed by atoms with Gasteiger partial charge in [0.2, 0.25) is 0 Å². The maximum absolute atomic E-state index is 12.5. The number of hydrogen-bond acceptors (Lipinski definition) is 4. The van der Waals surface area contributed by atoms with Crippen molar-refractivity contribution in [2.75, 3.05) is 11.4 Å². The molecule has 1 saturated carbocycles. The number of nitrogens with zero attached hydrogens (tertiary/aromatic N) is 2. The number of fused-ring (bicyclic) bond motifs is 1. The van der Waals surface area contributed by atoms with Crippen LogP contribution in [-0.4, -0.2) is 32.7 Å². The first-order valence-electron chi connectivity index (χ1n) is 8.96. The van der Waals surface area contributed by atoms with Crippen molar-refractivity contribution in [2.45, 2.75) is 63.3 Å². The van der Waals surface area contributed by atoms with Crippen molar-refractivity contribution >= 4 is 27.5 Å². The third kappa shape index (κ3) is 3.71. The van der Waals surface area contributed by atoms with Crippen LogP contribution in [0, 0.1) is 0 Å². The molecule has 1 aliphatic heterocycles. The molecule has 0 unspecified atom stereocenters. The van der Waals surface area contributed by atoms with E-state index in [1.165, 1.54) is 12.5 Å². The van der Waals surface area contributed by atoms with Gasteiger partial charge in [-0.1, -0.05) is 26.2 Å². The van der Waals surface area contributed by atoms with E-state index in [-0.39, 0.29) is 16.8 Å². The molecule has 6 nitrogen and oxygen atoms in total. The first kappa shape index (κ1) is 17.9. The van der Waals surface area contributed by atoms with Crippen LogP contribution >= 0.6 is 0 Å². The SMILES string of the molecule is CCCN1C(C)=NS(=O)(=O)c2cc(C(=O)NC3CCCCC3)ccc21. The summed E-state index contributed by atoms with van der Waals surface area (Å²) in [5, 5.41) is 3.03. The molecule has 2 aliphatic rings. The fourth-order valence-electron chi connectivity index (χ4n) is 3.55. The van der Waals surface area contributed by atoms with Crippen molar-refractivity contribution < 1.29 is 13.2 Å². The molecule has 1 amide bonds. The zero-order valence-corrected chi connectivity index (χ0v) is 15.6. The van der Waals surface area contributed by atoms with Gasteiger partial charge in [0.1, 0.15) is 10.7 Å². The van der Waals surface area contributed by atoms with Crippen LogP contribution in [-0.2, 0) is 10.0 Å². The fourth-order valence-corrected chi connectivity index (χ4v) is 4.82. The van der Waals surface area contributed by atoms with Crippen LogP contribution in [0.5, 0.6) is 0 Å². The number of amidine groups is 1. The Morgan fingerprint density at radius 1 is 1.28 bits per heavy atom. The summed E-state index contributed by atoms with van der Waals surface area (Å²) in [6, 6.07) is 5.07. The second-order valence-electron chi connectivity index (χ2n) is 6.76. The Hall–Kier alpha value is -1.89. The minimum absolute atomic E-state index is 0.114. The minimum Gasteiger partial charge on any atom is -0.349 e. The van der Waals surface area contributed by atoms with Gasteiger partial charge in [0.05, 0.1) is 5.69 Å². The van der Waals surface area contributed by atoms with Crippen LogP contribution < -0.4 is 10.2 Å². The van der Waals surface area contributed by atoms with Gasteiger partial charge in [0.25, 0.3) is 15.9 Å². The highest BCUT2D eigenvalue weighted by molar-refractivity contribution is 7.90. The second-order valence-corrected chi connectivity index (χ2v) is 8.33. The van der Waals surface area contributed by atoms with Gasteiger partial charge in [-0.15, -0.1) is 4.40 Å². The Balaban J connectivity index is 1.89. The predicted molar refractivity (Wildman–Crippen MR) is 98.7 cm³/mol. The molecule has 0 saturated heterocycles. The van der Waals surface area contributed by atoms with E-state index in [4.69, 9.17) is 0 Å². The lowest BCUT2D eigenvalue weighted by Crippen LogP contribution is -2.37. The molecule has 1 aliphatic carbocycles. The lowest BCUT2D eigenvalue weighted by molar-refractivity contribution is 0.0927. The molecule has 0 atom stereocenters. The zero-order valence-electron chi connectivity index (χ0n) is 14.8. The topological polar surface area (TPSA) is 78.8 Å². The molecule has 0 radical (unpaired) electrons. The Labute approximate surface area is 149 Å². The van der Waals surface area contributed by atoms with Crippen molar-refractivity contribution in [1.29, 1.82) is 0 Å². The van der Waals surface area contributed by atoms with Crippen LogP contribution in [0.3, 0.4) is 0 Å². The highest BCUT2D eigenvalue weighted by Gasteiger charge is 2.29. The van der Waals surface area contributed by atoms with Crippen molar-refractivity contribution in [3.8, 4) is 0 Å². The molecule has 1 N–H and O–H groups in total. The van der Waals surface area contributed by atoms with Gasteiger partial charge in [-0.3, -0.25) is 4.79 Å². The Kier molecular flexibility index (Phi) is 5.13. The van der Waals surface area contributed by atoms with E-state index in [1.54, 1.807) is 19.1 Å². The summed E-state index contributed by atoms with van der Waals surface area (Å²) in [6.07, 6.45) is 6.32. The van der Waals surface area contributed by atoms with E-state index in [9.17, 15) is 13.2 Å². The molecule has 3 rings (SSSR count). The zero-order chi connectivity index (χ0) is 18.0. The molecular formula is C18H25N3O3S. The smallest absolute Gasteiger partial charge is 0.286 e. The first-order chi connectivity index (χ1) is 11.9. The number of anilines is 1. The van der Waals surface area contributed by atoms with Crippen LogP contribution in [0.15, 0.2) is 27.5 Å². The van der Waals surface area contributed by atoms with Gasteiger partial charge in [0, 0.05) is 18.2 Å². The number of hydrogen-bond donors (Lipinski definition) is 1. The summed E-state index contributed by atoms with van der Waals surface area (Å²) >= 11 is 0. The van der Waals surface area contributed by atoms with Gasteiger partial charge in [-0.05, 0) is 44.4 Å². The summed E-state index contributed by atoms with van der Waals surface area (Å²) < 4.78 is 28.8. The van der Waals surface area contributed by atoms with Crippen molar-refractivity contribution in [2.24, 2.45) is 4.40 Å². The van der Waals surface area contributed by atoms with Gasteiger partial charge in [-0.25, -0.2) is 0 Å². The highest BCUT2D eigenvalue weighted by atomic mass is 32.2. The predicted octanol–water partition coefficient (Wildman–Crippen LogP) is 3.09. The third-order valence-electron chi connectivity index (χ3n) is 4.82. The molecule has 7 heteroatoms. The lowest BCUT2D eigenvalue weighted by atomic mass is 9.95. The number of rotatable bonds is 4. The van der Waals surface area contributed by atoms with Crippen molar-refractivity contribution in [1.82, 2.24) is 5.32 Å². The molecule has 25 heavy (non-hydrogen) atoms. The number of benzene rings is 1. The highest BCUT2D eigenvalue weighted by Crippen LogP contribution is 2.32. The molecule has 1 heterocycles. The molecule has 0 aromatic heterocycles. The summed E-state index contributed by atoms with van der Waals surface area (Å²) in [6.45, 7) is 4.41. The normalized spacial score (nSPS) is 19.9. The lowest BCUT2D eigenvalue weighted by Gasteiger charge is -2.29. The number of sulfonamides is 1. The van der Waals surface area contributed by atoms with E-state index < -0.39 is 10.0 Å². The van der Waals surface area contributed by atoms with E-state index in [0.29, 0.717) is 23.6 Å². The van der Waals surface area contributed by atoms with Crippen molar-refractivity contribution in [3.05, 3.63) is 23.8 Å². The van der Waals surface area contributed by atoms with Gasteiger partial charge in [0.15, 0.2) is 0 Å². The Morgan fingerprint density at radius 3 is 2.68 bits per heavy atom. The van der Waals surface area contributed by atoms with Crippen LogP contribution in [0.25, 0.3) is 0 Å². The van der Waals surface area contributed by atoms with E-state index in [2.05, 4.69) is 9.71 Å². The molecular weight excluding hydrogens is 338 g/mol. The van der Waals surface area contributed by atoms with Crippen LogP contribution in [0.4, 0.5) is 5.69 Å². The number of nitrogens with one attached hydrogen (secondary N) is 1. The second kappa shape index (κ2) is 7.15. The molecule has 0 bridgehead atoms. The maximum Gasteiger partial charge on any atom is 0.286 e. The fraction of sp³-hybridized carbons (Fsp3) is 0.556. The van der Waals surface area contributed by atoms with E-state index in [1.807, 2.05) is 11.8 Å². The molecule has 0 spiro atoms. The monoisotopic (exact) mass is 363 g/mol. The van der Waals surface area contributed by atoms with Crippen LogP contribution in [0.2, 0.25) is 0 Å². The summed E-state index contributed by atoms with van der Waals surface area (Å²) in [4.78, 5) is 14.5. The number of amides is 1. The minimum atomic E-state index is -3.77. The summed E-state index contributed by atoms with van der Waals surface area (Å²) in [7, 11) is -3.77. The molecule has 1 fully saturated rings. The number of carbonyl (C=O) groups excluding carboxylic acids is 1. The van der Waals surface area contributed by atoms with Gasteiger partial charge < -0.3 is 10.2 Å². The van der Waals surface area contributed by atoms with Crippen LogP contribution in [0.1, 0.15) is 62.7 Å².